The fourth-order valence-corrected chi connectivity index (χ4v) is 1.41. The summed E-state index contributed by atoms with van der Waals surface area (Å²) in [6, 6.07) is 0. The Morgan fingerprint density at radius 3 is 2.46 bits per heavy atom. The molecule has 0 amide bonds. The second-order valence-corrected chi connectivity index (χ2v) is 4.24. The molecule has 0 spiro atoms. The van der Waals surface area contributed by atoms with Crippen molar-refractivity contribution in [2.45, 2.75) is 66.2 Å². The smallest absolute Gasteiger partial charge is 0.0322 e. The molecule has 0 heteroatoms. The van der Waals surface area contributed by atoms with E-state index in [1.54, 1.807) is 5.57 Å². The zero-order valence-electron chi connectivity index (χ0n) is 9.90. The van der Waals surface area contributed by atoms with Gasteiger partial charge in [0.15, 0.2) is 0 Å². The van der Waals surface area contributed by atoms with E-state index in [0.717, 1.165) is 5.92 Å². The number of unbranched alkanes of at least 4 members (excludes halogenated alkanes) is 2. The van der Waals surface area contributed by atoms with Crippen molar-refractivity contribution in [2.24, 2.45) is 5.92 Å². The molecular formula is C13H26. The topological polar surface area (TPSA) is 0 Å². The predicted molar refractivity (Wildman–Crippen MR) is 62.0 cm³/mol. The lowest BCUT2D eigenvalue weighted by atomic mass is 9.98. The van der Waals surface area contributed by atoms with Crippen LogP contribution < -0.4 is 0 Å². The van der Waals surface area contributed by atoms with Crippen molar-refractivity contribution >= 4 is 0 Å². The summed E-state index contributed by atoms with van der Waals surface area (Å²) in [5.41, 5.74) is 1.54. The summed E-state index contributed by atoms with van der Waals surface area (Å²) in [7, 11) is 0. The van der Waals surface area contributed by atoms with Crippen LogP contribution in [0.1, 0.15) is 66.2 Å². The van der Waals surface area contributed by atoms with Crippen molar-refractivity contribution in [3.8, 4) is 0 Å². The number of rotatable bonds is 7. The van der Waals surface area contributed by atoms with Crippen LogP contribution >= 0.6 is 0 Å². The number of allylic oxidation sites excluding steroid dienone is 2. The molecule has 0 rings (SSSR count). The van der Waals surface area contributed by atoms with Crippen LogP contribution in [0.3, 0.4) is 0 Å². The lowest BCUT2D eigenvalue weighted by Crippen LogP contribution is -1.93. The molecule has 0 heterocycles. The van der Waals surface area contributed by atoms with Crippen molar-refractivity contribution in [3.05, 3.63) is 11.6 Å². The van der Waals surface area contributed by atoms with Gasteiger partial charge in [0, 0.05) is 0 Å². The van der Waals surface area contributed by atoms with Crippen LogP contribution in [0.25, 0.3) is 0 Å². The van der Waals surface area contributed by atoms with E-state index in [-0.39, 0.29) is 0 Å². The highest BCUT2D eigenvalue weighted by atomic mass is 14.0. The van der Waals surface area contributed by atoms with Crippen molar-refractivity contribution in [1.29, 1.82) is 0 Å². The molecule has 0 aliphatic carbocycles. The SMILES string of the molecule is CCCCCC(C)CC=C(C)CC. The van der Waals surface area contributed by atoms with E-state index in [4.69, 9.17) is 0 Å². The van der Waals surface area contributed by atoms with Crippen LogP contribution in [-0.4, -0.2) is 0 Å². The molecule has 0 aliphatic rings. The normalized spacial score (nSPS) is 14.6. The second kappa shape index (κ2) is 8.34. The van der Waals surface area contributed by atoms with Crippen LogP contribution in [0.4, 0.5) is 0 Å². The van der Waals surface area contributed by atoms with Gasteiger partial charge in [-0.05, 0) is 25.7 Å². The summed E-state index contributed by atoms with van der Waals surface area (Å²) in [6.07, 6.45) is 10.5. The lowest BCUT2D eigenvalue weighted by Gasteiger charge is -2.08. The number of hydrogen-bond acceptors (Lipinski definition) is 0. The molecule has 0 N–H and O–H groups in total. The zero-order chi connectivity index (χ0) is 10.1. The van der Waals surface area contributed by atoms with E-state index >= 15 is 0 Å². The standard InChI is InChI=1S/C13H26/c1-5-7-8-9-13(4)11-10-12(3)6-2/h10,13H,5-9,11H2,1-4H3. The Morgan fingerprint density at radius 1 is 1.23 bits per heavy atom. The largest absolute Gasteiger partial charge is 0.0854 e. The maximum absolute atomic E-state index is 2.41. The second-order valence-electron chi connectivity index (χ2n) is 4.24. The Bertz CT molecular complexity index is 133. The molecule has 0 aliphatic heterocycles. The van der Waals surface area contributed by atoms with Crippen molar-refractivity contribution < 1.29 is 0 Å². The van der Waals surface area contributed by atoms with Crippen molar-refractivity contribution in [3.63, 3.8) is 0 Å². The van der Waals surface area contributed by atoms with Gasteiger partial charge in [-0.2, -0.15) is 0 Å². The molecule has 0 fully saturated rings. The first-order valence-electron chi connectivity index (χ1n) is 5.86. The van der Waals surface area contributed by atoms with Crippen LogP contribution in [-0.2, 0) is 0 Å². The average molecular weight is 182 g/mol. The van der Waals surface area contributed by atoms with Crippen molar-refractivity contribution in [1.82, 2.24) is 0 Å². The van der Waals surface area contributed by atoms with E-state index in [1.165, 1.54) is 38.5 Å². The van der Waals surface area contributed by atoms with E-state index in [1.807, 2.05) is 0 Å². The fraction of sp³-hybridized carbons (Fsp3) is 0.846. The van der Waals surface area contributed by atoms with E-state index in [2.05, 4.69) is 33.8 Å². The van der Waals surface area contributed by atoms with Crippen LogP contribution in [0.5, 0.6) is 0 Å². The van der Waals surface area contributed by atoms with Crippen molar-refractivity contribution in [2.75, 3.05) is 0 Å². The van der Waals surface area contributed by atoms with Gasteiger partial charge in [-0.3, -0.25) is 0 Å². The van der Waals surface area contributed by atoms with Crippen LogP contribution in [0.2, 0.25) is 0 Å². The third-order valence-electron chi connectivity index (χ3n) is 2.73. The molecule has 0 aromatic heterocycles. The molecule has 0 saturated carbocycles. The van der Waals surface area contributed by atoms with Gasteiger partial charge >= 0.3 is 0 Å². The van der Waals surface area contributed by atoms with Gasteiger partial charge in [0.2, 0.25) is 0 Å². The van der Waals surface area contributed by atoms with Crippen LogP contribution in [0.15, 0.2) is 11.6 Å². The molecule has 0 aromatic rings. The summed E-state index contributed by atoms with van der Waals surface area (Å²) in [4.78, 5) is 0. The molecule has 13 heavy (non-hydrogen) atoms. The highest BCUT2D eigenvalue weighted by Crippen LogP contribution is 2.15. The van der Waals surface area contributed by atoms with Gasteiger partial charge < -0.3 is 0 Å². The molecule has 0 bridgehead atoms. The molecule has 0 aromatic carbocycles. The molecule has 1 unspecified atom stereocenters. The minimum Gasteiger partial charge on any atom is -0.0854 e. The summed E-state index contributed by atoms with van der Waals surface area (Å²) in [5, 5.41) is 0. The molecule has 0 nitrogen and oxygen atoms in total. The maximum Gasteiger partial charge on any atom is -0.0322 e. The first-order valence-corrected chi connectivity index (χ1v) is 5.86. The predicted octanol–water partition coefficient (Wildman–Crippen LogP) is 4.95. The van der Waals surface area contributed by atoms with Gasteiger partial charge in [-0.1, -0.05) is 58.1 Å². The highest BCUT2D eigenvalue weighted by molar-refractivity contribution is 4.96. The van der Waals surface area contributed by atoms with Gasteiger partial charge in [0.05, 0.1) is 0 Å². The third kappa shape index (κ3) is 8.08. The Morgan fingerprint density at radius 2 is 1.92 bits per heavy atom. The quantitative estimate of drug-likeness (QED) is 0.386. The summed E-state index contributed by atoms with van der Waals surface area (Å²) in [6.45, 7) is 9.10. The minimum atomic E-state index is 0.882. The Balaban J connectivity index is 3.44. The maximum atomic E-state index is 2.41. The third-order valence-corrected chi connectivity index (χ3v) is 2.73. The van der Waals surface area contributed by atoms with E-state index in [9.17, 15) is 0 Å². The highest BCUT2D eigenvalue weighted by Gasteiger charge is 1.99. The van der Waals surface area contributed by atoms with Gasteiger partial charge in [0.25, 0.3) is 0 Å². The molecule has 0 saturated heterocycles. The van der Waals surface area contributed by atoms with Crippen LogP contribution in [0, 0.1) is 5.92 Å². The van der Waals surface area contributed by atoms with Gasteiger partial charge in [-0.15, -0.1) is 0 Å². The zero-order valence-corrected chi connectivity index (χ0v) is 9.90. The van der Waals surface area contributed by atoms with E-state index in [0.29, 0.717) is 0 Å². The number of hydrogen-bond donors (Lipinski definition) is 0. The molecule has 1 atom stereocenters. The Hall–Kier alpha value is -0.260. The Labute approximate surface area is 84.4 Å². The Kier molecular flexibility index (Phi) is 8.18. The summed E-state index contributed by atoms with van der Waals surface area (Å²) >= 11 is 0. The summed E-state index contributed by atoms with van der Waals surface area (Å²) in [5.74, 6) is 0.882. The summed E-state index contributed by atoms with van der Waals surface area (Å²) < 4.78 is 0. The molecule has 0 radical (unpaired) electrons. The lowest BCUT2D eigenvalue weighted by molar-refractivity contribution is 0.499. The molecular weight excluding hydrogens is 156 g/mol. The fourth-order valence-electron chi connectivity index (χ4n) is 1.41. The minimum absolute atomic E-state index is 0.882. The average Bonchev–Trinajstić information content (AvgIpc) is 2.14. The monoisotopic (exact) mass is 182 g/mol. The molecule has 78 valence electrons. The first-order chi connectivity index (χ1) is 6.20. The van der Waals surface area contributed by atoms with Gasteiger partial charge in [0.1, 0.15) is 0 Å². The first kappa shape index (κ1) is 12.7. The van der Waals surface area contributed by atoms with E-state index < -0.39 is 0 Å². The van der Waals surface area contributed by atoms with Gasteiger partial charge in [-0.25, -0.2) is 0 Å².